The molecule has 0 saturated carbocycles. The van der Waals surface area contributed by atoms with E-state index in [9.17, 15) is 4.79 Å². The molecule has 5 nitrogen and oxygen atoms in total. The third kappa shape index (κ3) is 4.70. The molecule has 27 heavy (non-hydrogen) atoms. The van der Waals surface area contributed by atoms with Gasteiger partial charge in [0.2, 0.25) is 5.91 Å². The number of aromatic nitrogens is 3. The molecule has 0 aliphatic rings. The van der Waals surface area contributed by atoms with Crippen molar-refractivity contribution in [2.75, 3.05) is 5.32 Å². The number of aryl methyl sites for hydroxylation is 2. The van der Waals surface area contributed by atoms with Crippen LogP contribution in [-0.2, 0) is 11.2 Å². The summed E-state index contributed by atoms with van der Waals surface area (Å²) in [7, 11) is 0. The fraction of sp³-hybridized carbons (Fsp3) is 0.250. The summed E-state index contributed by atoms with van der Waals surface area (Å²) in [6.45, 7) is 5.90. The van der Waals surface area contributed by atoms with Gasteiger partial charge in [0.15, 0.2) is 5.16 Å². The summed E-state index contributed by atoms with van der Waals surface area (Å²) in [5, 5.41) is 12.1. The van der Waals surface area contributed by atoms with Gasteiger partial charge in [0.1, 0.15) is 6.33 Å². The Morgan fingerprint density at radius 1 is 1.26 bits per heavy atom. The quantitative estimate of drug-likeness (QED) is 0.597. The summed E-state index contributed by atoms with van der Waals surface area (Å²) < 4.78 is 1.83. The molecule has 2 aromatic carbocycles. The summed E-state index contributed by atoms with van der Waals surface area (Å²) >= 11 is 7.58. The second kappa shape index (κ2) is 8.59. The number of nitrogens with zero attached hydrogens (tertiary/aromatic N) is 3. The topological polar surface area (TPSA) is 59.8 Å². The van der Waals surface area contributed by atoms with Gasteiger partial charge in [0.25, 0.3) is 0 Å². The number of carbonyl (C=O) groups excluding carboxylic acids is 1. The lowest BCUT2D eigenvalue weighted by atomic mass is 10.1. The average molecular weight is 401 g/mol. The molecule has 0 saturated heterocycles. The molecule has 1 heterocycles. The first-order chi connectivity index (χ1) is 13.0. The Morgan fingerprint density at radius 2 is 2.00 bits per heavy atom. The molecule has 3 aromatic rings. The number of hydrogen-bond acceptors (Lipinski definition) is 4. The Hall–Kier alpha value is -2.31. The van der Waals surface area contributed by atoms with E-state index in [2.05, 4.69) is 22.4 Å². The van der Waals surface area contributed by atoms with Crippen LogP contribution in [0.3, 0.4) is 0 Å². The maximum Gasteiger partial charge on any atom is 0.237 e. The minimum Gasteiger partial charge on any atom is -0.325 e. The second-order valence-electron chi connectivity index (χ2n) is 6.22. The predicted molar refractivity (Wildman–Crippen MR) is 111 cm³/mol. The van der Waals surface area contributed by atoms with Crippen LogP contribution >= 0.6 is 23.4 Å². The van der Waals surface area contributed by atoms with Gasteiger partial charge in [-0.3, -0.25) is 9.36 Å². The highest BCUT2D eigenvalue weighted by molar-refractivity contribution is 8.00. The van der Waals surface area contributed by atoms with Crippen LogP contribution in [0.15, 0.2) is 53.9 Å². The van der Waals surface area contributed by atoms with E-state index in [1.807, 2.05) is 60.9 Å². The molecule has 0 fully saturated rings. The number of benzene rings is 2. The maximum absolute atomic E-state index is 12.5. The molecule has 140 valence electrons. The molecule has 3 rings (SSSR count). The second-order valence-corrected chi connectivity index (χ2v) is 7.93. The van der Waals surface area contributed by atoms with Crippen LogP contribution in [0.1, 0.15) is 25.0 Å². The zero-order valence-corrected chi connectivity index (χ0v) is 17.0. The molecule has 1 aromatic heterocycles. The molecule has 0 bridgehead atoms. The highest BCUT2D eigenvalue weighted by Crippen LogP contribution is 2.27. The Bertz CT molecular complexity index is 939. The molecular weight excluding hydrogens is 380 g/mol. The largest absolute Gasteiger partial charge is 0.325 e. The number of amides is 1. The molecule has 1 amide bonds. The van der Waals surface area contributed by atoms with Gasteiger partial charge in [-0.1, -0.05) is 48.5 Å². The fourth-order valence-electron chi connectivity index (χ4n) is 2.49. The molecule has 1 N–H and O–H groups in total. The van der Waals surface area contributed by atoms with Gasteiger partial charge in [-0.15, -0.1) is 10.2 Å². The Kier molecular flexibility index (Phi) is 6.19. The first-order valence-electron chi connectivity index (χ1n) is 8.71. The van der Waals surface area contributed by atoms with Gasteiger partial charge in [-0.05, 0) is 55.7 Å². The van der Waals surface area contributed by atoms with Crippen LogP contribution in [-0.4, -0.2) is 25.9 Å². The van der Waals surface area contributed by atoms with Gasteiger partial charge < -0.3 is 5.32 Å². The number of halogens is 1. The molecule has 7 heteroatoms. The first-order valence-corrected chi connectivity index (χ1v) is 9.96. The van der Waals surface area contributed by atoms with E-state index in [-0.39, 0.29) is 11.2 Å². The Balaban J connectivity index is 1.70. The average Bonchev–Trinajstić information content (AvgIpc) is 3.12. The fourth-order valence-corrected chi connectivity index (χ4v) is 3.51. The van der Waals surface area contributed by atoms with E-state index in [1.54, 1.807) is 6.33 Å². The van der Waals surface area contributed by atoms with Crippen molar-refractivity contribution < 1.29 is 4.79 Å². The van der Waals surface area contributed by atoms with E-state index >= 15 is 0 Å². The van der Waals surface area contributed by atoms with Gasteiger partial charge in [-0.2, -0.15) is 0 Å². The van der Waals surface area contributed by atoms with Crippen LogP contribution in [0, 0.1) is 6.92 Å². The lowest BCUT2D eigenvalue weighted by Crippen LogP contribution is -2.22. The van der Waals surface area contributed by atoms with Crippen molar-refractivity contribution in [2.45, 2.75) is 37.6 Å². The third-order valence-corrected chi connectivity index (χ3v) is 5.70. The molecule has 0 aliphatic heterocycles. The molecule has 0 aliphatic carbocycles. The van der Waals surface area contributed by atoms with Crippen molar-refractivity contribution in [1.29, 1.82) is 0 Å². The van der Waals surface area contributed by atoms with Crippen LogP contribution in [0.25, 0.3) is 5.69 Å². The van der Waals surface area contributed by atoms with Crippen molar-refractivity contribution in [3.05, 3.63) is 64.9 Å². The molecule has 1 atom stereocenters. The van der Waals surface area contributed by atoms with Crippen molar-refractivity contribution in [3.63, 3.8) is 0 Å². The van der Waals surface area contributed by atoms with E-state index in [4.69, 9.17) is 11.6 Å². The van der Waals surface area contributed by atoms with Crippen molar-refractivity contribution in [1.82, 2.24) is 14.8 Å². The predicted octanol–water partition coefficient (Wildman–Crippen LogP) is 4.91. The van der Waals surface area contributed by atoms with Gasteiger partial charge >= 0.3 is 0 Å². The van der Waals surface area contributed by atoms with E-state index < -0.39 is 0 Å². The molecular formula is C20H21ClN4OS. The van der Waals surface area contributed by atoms with Crippen molar-refractivity contribution in [2.24, 2.45) is 0 Å². The summed E-state index contributed by atoms with van der Waals surface area (Å²) in [6, 6.07) is 13.6. The molecule has 0 radical (unpaired) electrons. The minimum atomic E-state index is -0.334. The van der Waals surface area contributed by atoms with Crippen molar-refractivity contribution in [3.8, 4) is 5.69 Å². The minimum absolute atomic E-state index is 0.0827. The summed E-state index contributed by atoms with van der Waals surface area (Å²) in [6.07, 6.45) is 2.59. The number of nitrogens with one attached hydrogen (secondary N) is 1. The summed E-state index contributed by atoms with van der Waals surface area (Å²) in [4.78, 5) is 12.5. The van der Waals surface area contributed by atoms with E-state index in [0.717, 1.165) is 23.4 Å². The van der Waals surface area contributed by atoms with Gasteiger partial charge in [-0.25, -0.2) is 0 Å². The zero-order valence-electron chi connectivity index (χ0n) is 15.4. The molecule has 1 unspecified atom stereocenters. The van der Waals surface area contributed by atoms with Crippen LogP contribution in [0.2, 0.25) is 5.02 Å². The number of anilines is 1. The van der Waals surface area contributed by atoms with Gasteiger partial charge in [0, 0.05) is 10.7 Å². The van der Waals surface area contributed by atoms with E-state index in [1.165, 1.54) is 17.3 Å². The Labute approximate surface area is 168 Å². The van der Waals surface area contributed by atoms with Crippen LogP contribution < -0.4 is 5.32 Å². The first kappa shape index (κ1) is 19.5. The monoisotopic (exact) mass is 400 g/mol. The van der Waals surface area contributed by atoms with Gasteiger partial charge in [0.05, 0.1) is 10.9 Å². The number of rotatable bonds is 6. The van der Waals surface area contributed by atoms with Crippen LogP contribution in [0.4, 0.5) is 5.69 Å². The van der Waals surface area contributed by atoms with Crippen LogP contribution in [0.5, 0.6) is 0 Å². The van der Waals surface area contributed by atoms with E-state index in [0.29, 0.717) is 10.2 Å². The zero-order chi connectivity index (χ0) is 19.4. The highest BCUT2D eigenvalue weighted by Gasteiger charge is 2.19. The molecule has 0 spiro atoms. The Morgan fingerprint density at radius 3 is 2.67 bits per heavy atom. The number of thioether (sulfide) groups is 1. The summed E-state index contributed by atoms with van der Waals surface area (Å²) in [5.74, 6) is -0.0827. The normalized spacial score (nSPS) is 12.0. The maximum atomic E-state index is 12.5. The number of hydrogen-bond donors (Lipinski definition) is 1. The number of carbonyl (C=O) groups is 1. The third-order valence-electron chi connectivity index (χ3n) is 4.23. The summed E-state index contributed by atoms with van der Waals surface area (Å²) in [5.41, 5.74) is 3.89. The lowest BCUT2D eigenvalue weighted by Gasteiger charge is -2.13. The highest BCUT2D eigenvalue weighted by atomic mass is 35.5. The van der Waals surface area contributed by atoms with Crippen molar-refractivity contribution >= 4 is 35.0 Å². The standard InChI is InChI=1S/C20H21ClN4OS/c1-4-15-6-8-16(9-7-15)23-19(26)14(3)27-20-24-22-12-25(20)17-10-5-13(2)18(21)11-17/h5-12,14H,4H2,1-3H3,(H,23,26). The lowest BCUT2D eigenvalue weighted by molar-refractivity contribution is -0.115. The SMILES string of the molecule is CCc1ccc(NC(=O)C(C)Sc2nncn2-c2ccc(C)c(Cl)c2)cc1. The smallest absolute Gasteiger partial charge is 0.237 e.